The average molecular weight is 248 g/mol. The van der Waals surface area contributed by atoms with Crippen molar-refractivity contribution in [2.45, 2.75) is 13.5 Å². The number of fused-ring (bicyclic) bond motifs is 1. The van der Waals surface area contributed by atoms with E-state index in [9.17, 15) is 4.79 Å². The van der Waals surface area contributed by atoms with Crippen molar-refractivity contribution in [2.24, 2.45) is 0 Å². The predicted octanol–water partition coefficient (Wildman–Crippen LogP) is 3.69. The minimum Gasteiger partial charge on any atom is -0.342 e. The zero-order chi connectivity index (χ0) is 13.2. The van der Waals surface area contributed by atoms with Gasteiger partial charge in [0.1, 0.15) is 0 Å². The monoisotopic (exact) mass is 248 g/mol. The molecule has 3 rings (SSSR count). The lowest BCUT2D eigenvalue weighted by atomic mass is 10.1. The molecule has 0 N–H and O–H groups in total. The predicted molar refractivity (Wildman–Crippen MR) is 76.3 cm³/mol. The van der Waals surface area contributed by atoms with Crippen molar-refractivity contribution < 1.29 is 4.79 Å². The Labute approximate surface area is 112 Å². The molecule has 0 fully saturated rings. The minimum absolute atomic E-state index is 0.100. The van der Waals surface area contributed by atoms with Crippen LogP contribution in [0.25, 0.3) is 10.9 Å². The standard InChI is InChI=1S/C17H14NO/c1-13(19)16-12-18(11-14-7-3-2-4-8-14)17-10-6-5-9-15(16)17/h2-5,7-10,12H,11H2,1H3. The maximum absolute atomic E-state index is 11.7. The van der Waals surface area contributed by atoms with E-state index in [0.29, 0.717) is 0 Å². The number of nitrogens with zero attached hydrogens (tertiary/aromatic N) is 1. The highest BCUT2D eigenvalue weighted by Gasteiger charge is 2.11. The van der Waals surface area contributed by atoms with Gasteiger partial charge in [-0.15, -0.1) is 0 Å². The van der Waals surface area contributed by atoms with E-state index >= 15 is 0 Å². The summed E-state index contributed by atoms with van der Waals surface area (Å²) < 4.78 is 2.11. The van der Waals surface area contributed by atoms with Gasteiger partial charge in [-0.25, -0.2) is 0 Å². The molecule has 1 radical (unpaired) electrons. The van der Waals surface area contributed by atoms with Crippen LogP contribution in [-0.4, -0.2) is 10.4 Å². The van der Waals surface area contributed by atoms with Gasteiger partial charge >= 0.3 is 0 Å². The number of Topliss-reactive ketones (excluding diaryl/α,β-unsaturated/α-hetero) is 1. The first-order chi connectivity index (χ1) is 9.25. The van der Waals surface area contributed by atoms with Crippen LogP contribution in [0, 0.1) is 6.07 Å². The summed E-state index contributed by atoms with van der Waals surface area (Å²) in [5.41, 5.74) is 3.05. The topological polar surface area (TPSA) is 22.0 Å². The van der Waals surface area contributed by atoms with Crippen LogP contribution in [0.1, 0.15) is 22.8 Å². The van der Waals surface area contributed by atoms with Crippen molar-refractivity contribution in [1.29, 1.82) is 0 Å². The molecule has 0 bridgehead atoms. The van der Waals surface area contributed by atoms with E-state index in [1.807, 2.05) is 42.6 Å². The Morgan fingerprint density at radius 1 is 1.21 bits per heavy atom. The molecule has 2 aromatic carbocycles. The van der Waals surface area contributed by atoms with Crippen LogP contribution in [0.15, 0.2) is 54.7 Å². The minimum atomic E-state index is 0.100. The van der Waals surface area contributed by atoms with Crippen LogP contribution >= 0.6 is 0 Å². The molecular formula is C17H14NO. The molecule has 3 aromatic rings. The number of carbonyl (C=O) groups is 1. The zero-order valence-electron chi connectivity index (χ0n) is 10.8. The van der Waals surface area contributed by atoms with Crippen molar-refractivity contribution in [3.8, 4) is 0 Å². The van der Waals surface area contributed by atoms with E-state index in [2.05, 4.69) is 22.8 Å². The molecule has 2 nitrogen and oxygen atoms in total. The highest BCUT2D eigenvalue weighted by molar-refractivity contribution is 6.06. The van der Waals surface area contributed by atoms with Gasteiger partial charge in [-0.2, -0.15) is 0 Å². The number of benzene rings is 2. The Balaban J connectivity index is 2.11. The summed E-state index contributed by atoms with van der Waals surface area (Å²) in [7, 11) is 0. The molecular weight excluding hydrogens is 234 g/mol. The summed E-state index contributed by atoms with van der Waals surface area (Å²) in [6.45, 7) is 2.38. The van der Waals surface area contributed by atoms with Crippen molar-refractivity contribution in [3.63, 3.8) is 0 Å². The third kappa shape index (κ3) is 2.17. The molecule has 0 aliphatic heterocycles. The first kappa shape index (κ1) is 11.7. The number of aromatic nitrogens is 1. The smallest absolute Gasteiger partial charge is 0.161 e. The Bertz CT molecular complexity index is 725. The van der Waals surface area contributed by atoms with Gasteiger partial charge in [0.2, 0.25) is 0 Å². The number of ketones is 1. The van der Waals surface area contributed by atoms with E-state index in [-0.39, 0.29) is 5.78 Å². The zero-order valence-corrected chi connectivity index (χ0v) is 10.8. The van der Waals surface area contributed by atoms with Crippen molar-refractivity contribution in [2.75, 3.05) is 0 Å². The van der Waals surface area contributed by atoms with Gasteiger partial charge < -0.3 is 4.57 Å². The van der Waals surface area contributed by atoms with Gasteiger partial charge in [0, 0.05) is 29.2 Å². The summed E-state index contributed by atoms with van der Waals surface area (Å²) in [5.74, 6) is 0.100. The lowest BCUT2D eigenvalue weighted by Crippen LogP contribution is -1.97. The third-order valence-electron chi connectivity index (χ3n) is 3.30. The first-order valence-electron chi connectivity index (χ1n) is 6.29. The highest BCUT2D eigenvalue weighted by atomic mass is 16.1. The quantitative estimate of drug-likeness (QED) is 0.648. The van der Waals surface area contributed by atoms with E-state index in [1.165, 1.54) is 5.56 Å². The molecule has 0 aliphatic rings. The molecule has 0 amide bonds. The Morgan fingerprint density at radius 2 is 2.00 bits per heavy atom. The maximum Gasteiger partial charge on any atom is 0.161 e. The van der Waals surface area contributed by atoms with Gasteiger partial charge in [-0.1, -0.05) is 42.5 Å². The van der Waals surface area contributed by atoms with Gasteiger partial charge in [0.05, 0.1) is 0 Å². The van der Waals surface area contributed by atoms with Crippen molar-refractivity contribution in [1.82, 2.24) is 4.57 Å². The first-order valence-corrected chi connectivity index (χ1v) is 6.29. The number of carbonyl (C=O) groups excluding carboxylic acids is 1. The third-order valence-corrected chi connectivity index (χ3v) is 3.30. The normalized spacial score (nSPS) is 10.8. The largest absolute Gasteiger partial charge is 0.342 e. The number of rotatable bonds is 3. The summed E-state index contributed by atoms with van der Waals surface area (Å²) in [6, 6.07) is 19.1. The average Bonchev–Trinajstić information content (AvgIpc) is 2.79. The maximum atomic E-state index is 11.7. The highest BCUT2D eigenvalue weighted by Crippen LogP contribution is 2.22. The lowest BCUT2D eigenvalue weighted by molar-refractivity contribution is 0.101. The summed E-state index contributed by atoms with van der Waals surface area (Å²) in [4.78, 5) is 11.7. The summed E-state index contributed by atoms with van der Waals surface area (Å²) >= 11 is 0. The van der Waals surface area contributed by atoms with Gasteiger partial charge in [-0.3, -0.25) is 4.79 Å². The molecule has 1 heterocycles. The van der Waals surface area contributed by atoms with Gasteiger partial charge in [0.15, 0.2) is 5.78 Å². The second kappa shape index (κ2) is 4.73. The molecule has 0 saturated carbocycles. The molecule has 0 unspecified atom stereocenters. The summed E-state index contributed by atoms with van der Waals surface area (Å²) in [5, 5.41) is 1.00. The van der Waals surface area contributed by atoms with E-state index in [4.69, 9.17) is 0 Å². The molecule has 93 valence electrons. The van der Waals surface area contributed by atoms with E-state index in [1.54, 1.807) is 6.92 Å². The number of hydrogen-bond acceptors (Lipinski definition) is 1. The molecule has 19 heavy (non-hydrogen) atoms. The fourth-order valence-corrected chi connectivity index (χ4v) is 2.37. The molecule has 0 aliphatic carbocycles. The fraction of sp³-hybridized carbons (Fsp3) is 0.118. The molecule has 2 heteroatoms. The van der Waals surface area contributed by atoms with Crippen LogP contribution < -0.4 is 0 Å². The van der Waals surface area contributed by atoms with Crippen molar-refractivity contribution in [3.05, 3.63) is 71.9 Å². The Hall–Kier alpha value is -2.35. The lowest BCUT2D eigenvalue weighted by Gasteiger charge is -2.04. The molecule has 0 saturated heterocycles. The van der Waals surface area contributed by atoms with Crippen LogP contribution in [0.3, 0.4) is 0 Å². The van der Waals surface area contributed by atoms with E-state index < -0.39 is 0 Å². The number of hydrogen-bond donors (Lipinski definition) is 0. The van der Waals surface area contributed by atoms with E-state index in [0.717, 1.165) is 23.0 Å². The Morgan fingerprint density at radius 3 is 2.74 bits per heavy atom. The van der Waals surface area contributed by atoms with Crippen molar-refractivity contribution >= 4 is 16.7 Å². The molecule has 0 spiro atoms. The summed E-state index contributed by atoms with van der Waals surface area (Å²) in [6.07, 6.45) is 1.94. The van der Waals surface area contributed by atoms with Crippen LogP contribution in [0.5, 0.6) is 0 Å². The second-order valence-corrected chi connectivity index (χ2v) is 4.66. The Kier molecular flexibility index (Phi) is 2.92. The van der Waals surface area contributed by atoms with Crippen LogP contribution in [-0.2, 0) is 6.54 Å². The van der Waals surface area contributed by atoms with Crippen LogP contribution in [0.2, 0.25) is 0 Å². The van der Waals surface area contributed by atoms with Crippen LogP contribution in [0.4, 0.5) is 0 Å². The molecule has 1 aromatic heterocycles. The molecule has 0 atom stereocenters. The van der Waals surface area contributed by atoms with Gasteiger partial charge in [-0.05, 0) is 24.6 Å². The van der Waals surface area contributed by atoms with Gasteiger partial charge in [0.25, 0.3) is 0 Å². The fourth-order valence-electron chi connectivity index (χ4n) is 2.37. The SMILES string of the molecule is CC(=O)c1cn(Cc2ccccc2)c2c[c]ccc12. The second-order valence-electron chi connectivity index (χ2n) is 4.66.